The van der Waals surface area contributed by atoms with Gasteiger partial charge in [-0.1, -0.05) is 12.1 Å². The molecule has 0 radical (unpaired) electrons. The first-order chi connectivity index (χ1) is 9.69. The summed E-state index contributed by atoms with van der Waals surface area (Å²) in [7, 11) is 0. The van der Waals surface area contributed by atoms with Crippen LogP contribution in [0.1, 0.15) is 16.1 Å². The maximum absolute atomic E-state index is 11.7. The van der Waals surface area contributed by atoms with Crippen molar-refractivity contribution >= 4 is 17.5 Å². The Morgan fingerprint density at radius 3 is 2.75 bits per heavy atom. The molecule has 0 unspecified atom stereocenters. The molecule has 0 spiro atoms. The highest BCUT2D eigenvalue weighted by atomic mass is 16.3. The molecule has 0 saturated heterocycles. The van der Waals surface area contributed by atoms with Gasteiger partial charge in [0.15, 0.2) is 5.76 Å². The number of carbonyl (C=O) groups is 2. The van der Waals surface area contributed by atoms with Crippen LogP contribution in [0.5, 0.6) is 0 Å². The monoisotopic (exact) mass is 274 g/mol. The predicted octanol–water partition coefficient (Wildman–Crippen LogP) is 1.14. The van der Waals surface area contributed by atoms with Gasteiger partial charge in [0, 0.05) is 5.69 Å². The molecule has 2 rings (SSSR count). The Morgan fingerprint density at radius 1 is 1.20 bits per heavy atom. The van der Waals surface area contributed by atoms with Gasteiger partial charge in [0.1, 0.15) is 0 Å². The van der Waals surface area contributed by atoms with Crippen LogP contribution in [0.3, 0.4) is 0 Å². The van der Waals surface area contributed by atoms with Gasteiger partial charge in [-0.2, -0.15) is 0 Å². The summed E-state index contributed by atoms with van der Waals surface area (Å²) in [5, 5.41) is 14.1. The van der Waals surface area contributed by atoms with E-state index in [1.807, 2.05) is 0 Å². The van der Waals surface area contributed by atoms with E-state index < -0.39 is 5.91 Å². The second-order valence-electron chi connectivity index (χ2n) is 4.07. The number of aliphatic hydroxyl groups excluding tert-OH is 1. The number of anilines is 1. The molecule has 3 N–H and O–H groups in total. The summed E-state index contributed by atoms with van der Waals surface area (Å²) < 4.78 is 4.90. The molecule has 20 heavy (non-hydrogen) atoms. The van der Waals surface area contributed by atoms with Crippen molar-refractivity contribution < 1.29 is 19.1 Å². The topological polar surface area (TPSA) is 91.6 Å². The van der Waals surface area contributed by atoms with E-state index in [9.17, 15) is 9.59 Å². The molecule has 2 aromatic rings. The van der Waals surface area contributed by atoms with Gasteiger partial charge in [-0.25, -0.2) is 0 Å². The third-order valence-corrected chi connectivity index (χ3v) is 2.55. The average molecular weight is 274 g/mol. The van der Waals surface area contributed by atoms with E-state index >= 15 is 0 Å². The standard InChI is InChI=1S/C14H14N2O4/c17-9-10-3-1-4-11(7-10)16-13(18)8-15-14(19)12-5-2-6-20-12/h1-7,17H,8-9H2,(H,15,19)(H,16,18). The van der Waals surface area contributed by atoms with Crippen molar-refractivity contribution in [1.29, 1.82) is 0 Å². The van der Waals surface area contributed by atoms with Crippen LogP contribution in [0.2, 0.25) is 0 Å². The first-order valence-corrected chi connectivity index (χ1v) is 6.00. The molecule has 0 aliphatic rings. The summed E-state index contributed by atoms with van der Waals surface area (Å²) in [6, 6.07) is 9.93. The summed E-state index contributed by atoms with van der Waals surface area (Å²) >= 11 is 0. The highest BCUT2D eigenvalue weighted by Gasteiger charge is 2.10. The number of hydrogen-bond acceptors (Lipinski definition) is 4. The predicted molar refractivity (Wildman–Crippen MR) is 72.0 cm³/mol. The van der Waals surface area contributed by atoms with Crippen LogP contribution in [-0.4, -0.2) is 23.5 Å². The van der Waals surface area contributed by atoms with Crippen molar-refractivity contribution in [2.45, 2.75) is 6.61 Å². The minimum atomic E-state index is -0.450. The van der Waals surface area contributed by atoms with Crippen molar-refractivity contribution in [3.63, 3.8) is 0 Å². The molecule has 2 amide bonds. The van der Waals surface area contributed by atoms with Crippen LogP contribution in [0, 0.1) is 0 Å². The van der Waals surface area contributed by atoms with E-state index in [2.05, 4.69) is 10.6 Å². The van der Waals surface area contributed by atoms with E-state index in [0.29, 0.717) is 11.3 Å². The Balaban J connectivity index is 1.85. The molecular formula is C14H14N2O4. The summed E-state index contributed by atoms with van der Waals surface area (Å²) in [4.78, 5) is 23.2. The first kappa shape index (κ1) is 13.8. The van der Waals surface area contributed by atoms with Crippen molar-refractivity contribution in [3.8, 4) is 0 Å². The zero-order valence-corrected chi connectivity index (χ0v) is 10.6. The van der Waals surface area contributed by atoms with Gasteiger partial charge in [-0.15, -0.1) is 0 Å². The Morgan fingerprint density at radius 2 is 2.05 bits per heavy atom. The molecular weight excluding hydrogens is 260 g/mol. The lowest BCUT2D eigenvalue weighted by atomic mass is 10.2. The first-order valence-electron chi connectivity index (χ1n) is 6.00. The van der Waals surface area contributed by atoms with Crippen molar-refractivity contribution in [3.05, 3.63) is 54.0 Å². The Kier molecular flexibility index (Phi) is 4.52. The normalized spacial score (nSPS) is 10.1. The Hall–Kier alpha value is -2.60. The molecule has 6 nitrogen and oxygen atoms in total. The second kappa shape index (κ2) is 6.53. The maximum atomic E-state index is 11.7. The third-order valence-electron chi connectivity index (χ3n) is 2.55. The lowest BCUT2D eigenvalue weighted by Crippen LogP contribution is -2.32. The summed E-state index contributed by atoms with van der Waals surface area (Å²) in [5.41, 5.74) is 1.26. The van der Waals surface area contributed by atoms with E-state index in [4.69, 9.17) is 9.52 Å². The maximum Gasteiger partial charge on any atom is 0.287 e. The molecule has 1 heterocycles. The van der Waals surface area contributed by atoms with Crippen molar-refractivity contribution in [2.24, 2.45) is 0 Å². The molecule has 6 heteroatoms. The molecule has 1 aromatic carbocycles. The molecule has 0 aliphatic carbocycles. The SMILES string of the molecule is O=C(CNC(=O)c1ccco1)Nc1cccc(CO)c1. The summed E-state index contributed by atoms with van der Waals surface area (Å²) in [5.74, 6) is -0.658. The Bertz CT molecular complexity index is 593. The lowest BCUT2D eigenvalue weighted by Gasteiger charge is -2.07. The molecule has 0 aliphatic heterocycles. The number of carbonyl (C=O) groups excluding carboxylic acids is 2. The zero-order valence-electron chi connectivity index (χ0n) is 10.6. The lowest BCUT2D eigenvalue weighted by molar-refractivity contribution is -0.115. The number of aliphatic hydroxyl groups is 1. The average Bonchev–Trinajstić information content (AvgIpc) is 2.99. The van der Waals surface area contributed by atoms with Gasteiger partial charge in [-0.05, 0) is 29.8 Å². The molecule has 0 bridgehead atoms. The number of nitrogens with one attached hydrogen (secondary N) is 2. The molecule has 0 saturated carbocycles. The second-order valence-corrected chi connectivity index (χ2v) is 4.07. The number of benzene rings is 1. The van der Waals surface area contributed by atoms with Gasteiger partial charge < -0.3 is 20.2 Å². The van der Waals surface area contributed by atoms with Crippen LogP contribution in [-0.2, 0) is 11.4 Å². The molecule has 0 atom stereocenters. The van der Waals surface area contributed by atoms with Gasteiger partial charge in [-0.3, -0.25) is 9.59 Å². The zero-order chi connectivity index (χ0) is 14.4. The van der Waals surface area contributed by atoms with Gasteiger partial charge in [0.2, 0.25) is 5.91 Å². The Labute approximate surface area is 115 Å². The molecule has 1 aromatic heterocycles. The van der Waals surface area contributed by atoms with Crippen LogP contribution in [0.4, 0.5) is 5.69 Å². The number of rotatable bonds is 5. The number of hydrogen-bond donors (Lipinski definition) is 3. The van der Waals surface area contributed by atoms with E-state index in [1.165, 1.54) is 12.3 Å². The van der Waals surface area contributed by atoms with E-state index in [1.54, 1.807) is 30.3 Å². The minimum Gasteiger partial charge on any atom is -0.459 e. The number of amides is 2. The van der Waals surface area contributed by atoms with Crippen molar-refractivity contribution in [2.75, 3.05) is 11.9 Å². The van der Waals surface area contributed by atoms with Crippen LogP contribution in [0.25, 0.3) is 0 Å². The smallest absolute Gasteiger partial charge is 0.287 e. The fourth-order valence-electron chi connectivity index (χ4n) is 1.61. The fraction of sp³-hybridized carbons (Fsp3) is 0.143. The largest absolute Gasteiger partial charge is 0.459 e. The minimum absolute atomic E-state index is 0.0983. The fourth-order valence-corrected chi connectivity index (χ4v) is 1.61. The van der Waals surface area contributed by atoms with Crippen LogP contribution in [0.15, 0.2) is 47.1 Å². The van der Waals surface area contributed by atoms with E-state index in [-0.39, 0.29) is 24.8 Å². The van der Waals surface area contributed by atoms with Crippen LogP contribution >= 0.6 is 0 Å². The van der Waals surface area contributed by atoms with Crippen molar-refractivity contribution in [1.82, 2.24) is 5.32 Å². The highest BCUT2D eigenvalue weighted by Crippen LogP contribution is 2.10. The quantitative estimate of drug-likeness (QED) is 0.762. The molecule has 0 fully saturated rings. The third kappa shape index (κ3) is 3.69. The highest BCUT2D eigenvalue weighted by molar-refractivity contribution is 5.97. The van der Waals surface area contributed by atoms with Crippen LogP contribution < -0.4 is 10.6 Å². The van der Waals surface area contributed by atoms with Gasteiger partial charge in [0.05, 0.1) is 19.4 Å². The molecule has 104 valence electrons. The summed E-state index contributed by atoms with van der Waals surface area (Å²) in [6.45, 7) is -0.262. The van der Waals surface area contributed by atoms with Gasteiger partial charge >= 0.3 is 0 Å². The van der Waals surface area contributed by atoms with E-state index in [0.717, 1.165) is 0 Å². The summed E-state index contributed by atoms with van der Waals surface area (Å²) in [6.07, 6.45) is 1.38. The number of furan rings is 1. The van der Waals surface area contributed by atoms with Gasteiger partial charge in [0.25, 0.3) is 5.91 Å².